The molecular weight excluding hydrogens is 190 g/mol. The maximum Gasteiger partial charge on any atom is 0.251 e. The molecule has 1 aromatic carbocycles. The van der Waals surface area contributed by atoms with Crippen molar-refractivity contribution in [3.05, 3.63) is 29.3 Å². The maximum absolute atomic E-state index is 11.7. The van der Waals surface area contributed by atoms with Gasteiger partial charge in [-0.3, -0.25) is 9.63 Å². The van der Waals surface area contributed by atoms with Crippen molar-refractivity contribution in [2.24, 2.45) is 0 Å². The zero-order chi connectivity index (χ0) is 11.0. The summed E-state index contributed by atoms with van der Waals surface area (Å²) in [5.74, 6) is 0.308. The van der Waals surface area contributed by atoms with Crippen LogP contribution >= 0.6 is 0 Å². The quantitative estimate of drug-likeness (QED) is 0.704. The predicted octanol–water partition coefficient (Wildman–Crippen LogP) is 2.40. The van der Waals surface area contributed by atoms with E-state index in [0.717, 1.165) is 11.3 Å². The van der Waals surface area contributed by atoms with Crippen molar-refractivity contribution in [2.75, 3.05) is 12.2 Å². The minimum atomic E-state index is 0.0306. The van der Waals surface area contributed by atoms with Gasteiger partial charge in [0.1, 0.15) is 0 Å². The molecule has 1 atom stereocenters. The Morgan fingerprint density at radius 3 is 2.87 bits per heavy atom. The van der Waals surface area contributed by atoms with Gasteiger partial charge in [-0.15, -0.1) is 0 Å². The molecule has 0 aromatic heterocycles. The average molecular weight is 205 g/mol. The SMILES string of the molecule is CON1C(=O)CC(C)c2ccc(C)cc21. The zero-order valence-electron chi connectivity index (χ0n) is 9.28. The first-order valence-corrected chi connectivity index (χ1v) is 5.11. The molecular formula is C12H15NO2. The first-order chi connectivity index (χ1) is 7.13. The third-order valence-electron chi connectivity index (χ3n) is 2.83. The highest BCUT2D eigenvalue weighted by Crippen LogP contribution is 2.36. The predicted molar refractivity (Wildman–Crippen MR) is 58.7 cm³/mol. The Morgan fingerprint density at radius 2 is 2.20 bits per heavy atom. The average Bonchev–Trinajstić information content (AvgIpc) is 2.17. The summed E-state index contributed by atoms with van der Waals surface area (Å²) in [6.07, 6.45) is 0.518. The van der Waals surface area contributed by atoms with Crippen LogP contribution in [0, 0.1) is 6.92 Å². The van der Waals surface area contributed by atoms with Gasteiger partial charge in [-0.25, -0.2) is 0 Å². The van der Waals surface area contributed by atoms with E-state index in [2.05, 4.69) is 19.1 Å². The van der Waals surface area contributed by atoms with Crippen molar-refractivity contribution in [3.8, 4) is 0 Å². The standard InChI is InChI=1S/C12H15NO2/c1-8-4-5-10-9(2)7-12(14)13(15-3)11(10)6-8/h4-6,9H,7H2,1-3H3. The molecule has 1 aliphatic rings. The van der Waals surface area contributed by atoms with Crippen LogP contribution in [0.5, 0.6) is 0 Å². The van der Waals surface area contributed by atoms with E-state index in [1.54, 1.807) is 0 Å². The highest BCUT2D eigenvalue weighted by molar-refractivity contribution is 5.95. The molecule has 0 N–H and O–H groups in total. The molecule has 1 aromatic rings. The molecule has 1 heterocycles. The van der Waals surface area contributed by atoms with Crippen LogP contribution in [-0.4, -0.2) is 13.0 Å². The van der Waals surface area contributed by atoms with E-state index in [1.807, 2.05) is 13.0 Å². The van der Waals surface area contributed by atoms with E-state index in [-0.39, 0.29) is 11.8 Å². The Morgan fingerprint density at radius 1 is 1.47 bits per heavy atom. The molecule has 15 heavy (non-hydrogen) atoms. The summed E-state index contributed by atoms with van der Waals surface area (Å²) in [4.78, 5) is 16.8. The number of amides is 1. The van der Waals surface area contributed by atoms with Gasteiger partial charge in [0, 0.05) is 6.42 Å². The molecule has 3 nitrogen and oxygen atoms in total. The van der Waals surface area contributed by atoms with Gasteiger partial charge < -0.3 is 0 Å². The minimum absolute atomic E-state index is 0.0306. The zero-order valence-corrected chi connectivity index (χ0v) is 9.28. The lowest BCUT2D eigenvalue weighted by Gasteiger charge is -2.30. The topological polar surface area (TPSA) is 29.5 Å². The Labute approximate surface area is 89.6 Å². The number of anilines is 1. The molecule has 0 aliphatic carbocycles. The van der Waals surface area contributed by atoms with Gasteiger partial charge in [0.15, 0.2) is 0 Å². The first-order valence-electron chi connectivity index (χ1n) is 5.11. The second kappa shape index (κ2) is 3.66. The summed E-state index contributed by atoms with van der Waals surface area (Å²) in [6, 6.07) is 6.14. The van der Waals surface area contributed by atoms with Gasteiger partial charge in [0.05, 0.1) is 12.8 Å². The highest BCUT2D eigenvalue weighted by Gasteiger charge is 2.29. The molecule has 3 heteroatoms. The summed E-state index contributed by atoms with van der Waals surface area (Å²) >= 11 is 0. The van der Waals surface area contributed by atoms with Crippen molar-refractivity contribution < 1.29 is 9.63 Å². The van der Waals surface area contributed by atoms with E-state index in [9.17, 15) is 4.79 Å². The molecule has 0 saturated carbocycles. The number of hydrogen-bond donors (Lipinski definition) is 0. The number of benzene rings is 1. The number of rotatable bonds is 1. The molecule has 0 radical (unpaired) electrons. The van der Waals surface area contributed by atoms with Crippen LogP contribution in [0.4, 0.5) is 5.69 Å². The number of hydroxylamine groups is 1. The second-order valence-corrected chi connectivity index (χ2v) is 4.04. The molecule has 0 spiro atoms. The molecule has 0 bridgehead atoms. The van der Waals surface area contributed by atoms with Crippen LogP contribution in [0.2, 0.25) is 0 Å². The monoisotopic (exact) mass is 205 g/mol. The summed E-state index contributed by atoms with van der Waals surface area (Å²) in [5, 5.41) is 1.39. The Kier molecular flexibility index (Phi) is 2.49. The summed E-state index contributed by atoms with van der Waals surface area (Å²) in [7, 11) is 1.53. The largest absolute Gasteiger partial charge is 0.272 e. The fourth-order valence-electron chi connectivity index (χ4n) is 2.04. The van der Waals surface area contributed by atoms with Gasteiger partial charge in [-0.05, 0) is 30.0 Å². The number of fused-ring (bicyclic) bond motifs is 1. The maximum atomic E-state index is 11.7. The van der Waals surface area contributed by atoms with Crippen molar-refractivity contribution in [1.82, 2.24) is 0 Å². The lowest BCUT2D eigenvalue weighted by Crippen LogP contribution is -2.35. The number of aryl methyl sites for hydroxylation is 1. The van der Waals surface area contributed by atoms with E-state index in [1.165, 1.54) is 17.7 Å². The molecule has 0 saturated heterocycles. The summed E-state index contributed by atoms with van der Waals surface area (Å²) in [5.41, 5.74) is 3.21. The summed E-state index contributed by atoms with van der Waals surface area (Å²) < 4.78 is 0. The highest BCUT2D eigenvalue weighted by atomic mass is 16.7. The van der Waals surface area contributed by atoms with Crippen LogP contribution < -0.4 is 5.06 Å². The fourth-order valence-corrected chi connectivity index (χ4v) is 2.04. The number of hydrogen-bond acceptors (Lipinski definition) is 2. The number of nitrogens with zero attached hydrogens (tertiary/aromatic N) is 1. The van der Waals surface area contributed by atoms with E-state index < -0.39 is 0 Å². The van der Waals surface area contributed by atoms with Crippen molar-refractivity contribution in [2.45, 2.75) is 26.2 Å². The Hall–Kier alpha value is -1.35. The van der Waals surface area contributed by atoms with Crippen molar-refractivity contribution in [3.63, 3.8) is 0 Å². The third-order valence-corrected chi connectivity index (χ3v) is 2.83. The van der Waals surface area contributed by atoms with Gasteiger partial charge in [-0.2, -0.15) is 5.06 Å². The molecule has 80 valence electrons. The van der Waals surface area contributed by atoms with Crippen LogP contribution in [0.1, 0.15) is 30.4 Å². The van der Waals surface area contributed by atoms with Crippen molar-refractivity contribution >= 4 is 11.6 Å². The Balaban J connectivity index is 2.54. The van der Waals surface area contributed by atoms with Gasteiger partial charge in [-0.1, -0.05) is 19.1 Å². The van der Waals surface area contributed by atoms with Gasteiger partial charge >= 0.3 is 0 Å². The lowest BCUT2D eigenvalue weighted by molar-refractivity contribution is -0.125. The molecule has 1 aliphatic heterocycles. The van der Waals surface area contributed by atoms with E-state index in [0.29, 0.717) is 6.42 Å². The van der Waals surface area contributed by atoms with E-state index >= 15 is 0 Å². The number of carbonyl (C=O) groups is 1. The molecule has 2 rings (SSSR count). The van der Waals surface area contributed by atoms with Crippen molar-refractivity contribution in [1.29, 1.82) is 0 Å². The smallest absolute Gasteiger partial charge is 0.251 e. The van der Waals surface area contributed by atoms with Gasteiger partial charge in [0.25, 0.3) is 5.91 Å². The minimum Gasteiger partial charge on any atom is -0.272 e. The normalized spacial score (nSPS) is 20.3. The van der Waals surface area contributed by atoms with Crippen LogP contribution in [0.3, 0.4) is 0 Å². The number of carbonyl (C=O) groups excluding carboxylic acids is 1. The van der Waals surface area contributed by atoms with Gasteiger partial charge in [0.2, 0.25) is 0 Å². The lowest BCUT2D eigenvalue weighted by atomic mass is 9.91. The van der Waals surface area contributed by atoms with Crippen LogP contribution in [0.15, 0.2) is 18.2 Å². The molecule has 1 unspecified atom stereocenters. The summed E-state index contributed by atoms with van der Waals surface area (Å²) in [6.45, 7) is 4.08. The van der Waals surface area contributed by atoms with Crippen LogP contribution in [0.25, 0.3) is 0 Å². The third kappa shape index (κ3) is 1.63. The Bertz CT molecular complexity index is 401. The fraction of sp³-hybridized carbons (Fsp3) is 0.417. The molecule has 1 amide bonds. The second-order valence-electron chi connectivity index (χ2n) is 4.04. The van der Waals surface area contributed by atoms with E-state index in [4.69, 9.17) is 4.84 Å². The first kappa shape index (κ1) is 10.2. The van der Waals surface area contributed by atoms with Crippen LogP contribution in [-0.2, 0) is 9.63 Å². The molecule has 0 fully saturated rings.